The molecule has 0 bridgehead atoms. The molecule has 0 unspecified atom stereocenters. The molecule has 0 aromatic heterocycles. The maximum Gasteiger partial charge on any atom is 0.165 e. The topological polar surface area (TPSA) is 38.7 Å². The van der Waals surface area contributed by atoms with Crippen LogP contribution >= 0.6 is 0 Å². The van der Waals surface area contributed by atoms with E-state index < -0.39 is 0 Å². The molecule has 17 heavy (non-hydrogen) atoms. The van der Waals surface area contributed by atoms with Crippen molar-refractivity contribution < 1.29 is 19.0 Å². The van der Waals surface area contributed by atoms with Gasteiger partial charge in [0.25, 0.3) is 0 Å². The molecule has 1 heterocycles. The third-order valence-electron chi connectivity index (χ3n) is 2.86. The third-order valence-corrected chi connectivity index (χ3v) is 2.86. The molecule has 3 nitrogen and oxygen atoms in total. The molecular weight excluding hydrogens is 223 g/mol. The van der Waals surface area contributed by atoms with Gasteiger partial charge >= 0.3 is 0 Å². The number of hydrogen-bond acceptors (Lipinski definition) is 3. The van der Waals surface area contributed by atoms with Crippen LogP contribution < -0.4 is 4.74 Å². The van der Waals surface area contributed by atoms with Gasteiger partial charge in [-0.25, -0.2) is 4.39 Å². The number of benzene rings is 1. The molecule has 1 aromatic carbocycles. The lowest BCUT2D eigenvalue weighted by atomic mass is 10.1. The molecule has 2 rings (SSSR count). The molecule has 0 aliphatic carbocycles. The summed E-state index contributed by atoms with van der Waals surface area (Å²) in [5.41, 5.74) is 0.782. The van der Waals surface area contributed by atoms with Gasteiger partial charge in [-0.3, -0.25) is 0 Å². The highest BCUT2D eigenvalue weighted by molar-refractivity contribution is 5.29. The second-order valence-corrected chi connectivity index (χ2v) is 4.17. The maximum atomic E-state index is 13.7. The van der Waals surface area contributed by atoms with E-state index in [1.807, 2.05) is 0 Å². The SMILES string of the molecule is OCCc1ccc(OC2CCOCC2)c(F)c1. The van der Waals surface area contributed by atoms with Crippen LogP contribution in [0, 0.1) is 5.82 Å². The smallest absolute Gasteiger partial charge is 0.165 e. The summed E-state index contributed by atoms with van der Waals surface area (Å²) in [6.07, 6.45) is 2.12. The largest absolute Gasteiger partial charge is 0.487 e. The molecule has 0 saturated carbocycles. The van der Waals surface area contributed by atoms with Crippen molar-refractivity contribution in [1.29, 1.82) is 0 Å². The van der Waals surface area contributed by atoms with Crippen molar-refractivity contribution in [3.05, 3.63) is 29.6 Å². The quantitative estimate of drug-likeness (QED) is 0.873. The second-order valence-electron chi connectivity index (χ2n) is 4.17. The van der Waals surface area contributed by atoms with Gasteiger partial charge in [-0.2, -0.15) is 0 Å². The van der Waals surface area contributed by atoms with Gasteiger partial charge in [-0.1, -0.05) is 6.07 Å². The average molecular weight is 240 g/mol. The minimum Gasteiger partial charge on any atom is -0.487 e. The van der Waals surface area contributed by atoms with Gasteiger partial charge in [0.2, 0.25) is 0 Å². The Morgan fingerprint density at radius 1 is 1.35 bits per heavy atom. The number of rotatable bonds is 4. The Kier molecular flexibility index (Phi) is 4.34. The lowest BCUT2D eigenvalue weighted by molar-refractivity contribution is 0.0240. The van der Waals surface area contributed by atoms with Gasteiger partial charge in [-0.15, -0.1) is 0 Å². The lowest BCUT2D eigenvalue weighted by Crippen LogP contribution is -2.26. The third kappa shape index (κ3) is 3.41. The molecule has 0 atom stereocenters. The van der Waals surface area contributed by atoms with Crippen LogP contribution in [0.15, 0.2) is 18.2 Å². The van der Waals surface area contributed by atoms with E-state index in [4.69, 9.17) is 14.6 Å². The summed E-state index contributed by atoms with van der Waals surface area (Å²) < 4.78 is 24.5. The molecule has 0 radical (unpaired) electrons. The van der Waals surface area contributed by atoms with Crippen LogP contribution in [0.25, 0.3) is 0 Å². The zero-order chi connectivity index (χ0) is 12.1. The number of aliphatic hydroxyl groups excluding tert-OH is 1. The summed E-state index contributed by atoms with van der Waals surface area (Å²) in [4.78, 5) is 0. The minimum absolute atomic E-state index is 0.0274. The Bertz CT molecular complexity index is 362. The van der Waals surface area contributed by atoms with E-state index in [-0.39, 0.29) is 18.5 Å². The molecule has 1 aromatic rings. The van der Waals surface area contributed by atoms with Crippen molar-refractivity contribution in [3.8, 4) is 5.75 Å². The fraction of sp³-hybridized carbons (Fsp3) is 0.538. The normalized spacial score (nSPS) is 17.1. The first kappa shape index (κ1) is 12.3. The molecule has 1 aliphatic rings. The summed E-state index contributed by atoms with van der Waals surface area (Å²) >= 11 is 0. The summed E-state index contributed by atoms with van der Waals surface area (Å²) in [6.45, 7) is 1.38. The monoisotopic (exact) mass is 240 g/mol. The van der Waals surface area contributed by atoms with Crippen molar-refractivity contribution in [3.63, 3.8) is 0 Å². The first-order chi connectivity index (χ1) is 8.29. The van der Waals surface area contributed by atoms with Gasteiger partial charge < -0.3 is 14.6 Å². The average Bonchev–Trinajstić information content (AvgIpc) is 2.34. The molecule has 0 amide bonds. The highest BCUT2D eigenvalue weighted by Crippen LogP contribution is 2.22. The Labute approximate surface area is 100 Å². The first-order valence-electron chi connectivity index (χ1n) is 5.93. The highest BCUT2D eigenvalue weighted by Gasteiger charge is 2.17. The first-order valence-corrected chi connectivity index (χ1v) is 5.93. The van der Waals surface area contributed by atoms with E-state index in [0.29, 0.717) is 25.4 Å². The number of ether oxygens (including phenoxy) is 2. The summed E-state index contributed by atoms with van der Waals surface area (Å²) in [6, 6.07) is 4.84. The fourth-order valence-electron chi connectivity index (χ4n) is 1.90. The number of hydrogen-bond donors (Lipinski definition) is 1. The van der Waals surface area contributed by atoms with Crippen LogP contribution in [0.1, 0.15) is 18.4 Å². The molecule has 1 saturated heterocycles. The Hall–Kier alpha value is -1.13. The van der Waals surface area contributed by atoms with E-state index in [1.165, 1.54) is 6.07 Å². The van der Waals surface area contributed by atoms with E-state index in [1.54, 1.807) is 12.1 Å². The van der Waals surface area contributed by atoms with Crippen LogP contribution in [0.2, 0.25) is 0 Å². The van der Waals surface area contributed by atoms with Crippen molar-refractivity contribution in [2.75, 3.05) is 19.8 Å². The van der Waals surface area contributed by atoms with E-state index in [9.17, 15) is 4.39 Å². The summed E-state index contributed by atoms with van der Waals surface area (Å²) in [5.74, 6) is -0.0685. The van der Waals surface area contributed by atoms with Crippen LogP contribution in [0.4, 0.5) is 4.39 Å². The summed E-state index contributed by atoms with van der Waals surface area (Å²) in [7, 11) is 0. The van der Waals surface area contributed by atoms with E-state index in [0.717, 1.165) is 18.4 Å². The molecular formula is C13H17FO3. The summed E-state index contributed by atoms with van der Waals surface area (Å²) in [5, 5.41) is 8.77. The van der Waals surface area contributed by atoms with Crippen LogP contribution in [-0.4, -0.2) is 31.0 Å². The molecule has 94 valence electrons. The van der Waals surface area contributed by atoms with E-state index in [2.05, 4.69) is 0 Å². The molecule has 4 heteroatoms. The maximum absolute atomic E-state index is 13.7. The van der Waals surface area contributed by atoms with Gasteiger partial charge in [0.1, 0.15) is 6.10 Å². The van der Waals surface area contributed by atoms with Gasteiger partial charge in [-0.05, 0) is 24.1 Å². The Balaban J connectivity index is 2.00. The van der Waals surface area contributed by atoms with Crippen LogP contribution in [0.3, 0.4) is 0 Å². The van der Waals surface area contributed by atoms with Crippen LogP contribution in [-0.2, 0) is 11.2 Å². The van der Waals surface area contributed by atoms with Crippen molar-refractivity contribution >= 4 is 0 Å². The molecule has 0 spiro atoms. The van der Waals surface area contributed by atoms with Crippen molar-refractivity contribution in [1.82, 2.24) is 0 Å². The van der Waals surface area contributed by atoms with Gasteiger partial charge in [0, 0.05) is 19.4 Å². The number of halogens is 1. The molecule has 1 N–H and O–H groups in total. The molecule has 1 aliphatic heterocycles. The van der Waals surface area contributed by atoms with E-state index >= 15 is 0 Å². The standard InChI is InChI=1S/C13H17FO3/c14-12-9-10(3-6-15)1-2-13(12)17-11-4-7-16-8-5-11/h1-2,9,11,15H,3-8H2. The Morgan fingerprint density at radius 3 is 2.76 bits per heavy atom. The predicted molar refractivity (Wildman–Crippen MR) is 61.7 cm³/mol. The van der Waals surface area contributed by atoms with Crippen molar-refractivity contribution in [2.45, 2.75) is 25.4 Å². The highest BCUT2D eigenvalue weighted by atomic mass is 19.1. The lowest BCUT2D eigenvalue weighted by Gasteiger charge is -2.23. The molecule has 1 fully saturated rings. The number of aliphatic hydroxyl groups is 1. The fourth-order valence-corrected chi connectivity index (χ4v) is 1.90. The predicted octanol–water partition coefficient (Wildman–Crippen LogP) is 1.92. The van der Waals surface area contributed by atoms with Crippen LogP contribution in [0.5, 0.6) is 5.75 Å². The zero-order valence-electron chi connectivity index (χ0n) is 9.69. The Morgan fingerprint density at radius 2 is 2.12 bits per heavy atom. The minimum atomic E-state index is -0.359. The van der Waals surface area contributed by atoms with Gasteiger partial charge in [0.05, 0.1) is 13.2 Å². The zero-order valence-corrected chi connectivity index (χ0v) is 9.69. The van der Waals surface area contributed by atoms with Crippen molar-refractivity contribution in [2.24, 2.45) is 0 Å². The van der Waals surface area contributed by atoms with Gasteiger partial charge in [0.15, 0.2) is 11.6 Å². The second kappa shape index (κ2) is 5.98.